The quantitative estimate of drug-likeness (QED) is 0.822. The van der Waals surface area contributed by atoms with Crippen LogP contribution in [0.15, 0.2) is 35.3 Å². The third-order valence-corrected chi connectivity index (χ3v) is 2.01. The van der Waals surface area contributed by atoms with E-state index in [0.717, 1.165) is 5.69 Å². The highest BCUT2D eigenvalue weighted by Crippen LogP contribution is 2.16. The Morgan fingerprint density at radius 2 is 2.31 bits per heavy atom. The Labute approximate surface area is 83.6 Å². The Hall–Kier alpha value is -1.36. The van der Waals surface area contributed by atoms with Gasteiger partial charge >= 0.3 is 0 Å². The number of hydrogen-bond acceptors (Lipinski definition) is 3. The van der Waals surface area contributed by atoms with E-state index in [9.17, 15) is 0 Å². The summed E-state index contributed by atoms with van der Waals surface area (Å²) in [6, 6.07) is 3.76. The van der Waals surface area contributed by atoms with Crippen LogP contribution < -0.4 is 5.73 Å². The monoisotopic (exact) mass is 238 g/mol. The molecule has 0 spiro atoms. The summed E-state index contributed by atoms with van der Waals surface area (Å²) in [7, 11) is 0. The van der Waals surface area contributed by atoms with Crippen molar-refractivity contribution in [1.29, 1.82) is 0 Å². The SMILES string of the molecule is Nc1nc(Br)cn1-c1cccnc1. The van der Waals surface area contributed by atoms with E-state index in [1.807, 2.05) is 12.1 Å². The Bertz CT molecular complexity index is 409. The molecule has 2 heterocycles. The average molecular weight is 239 g/mol. The number of halogens is 1. The molecule has 5 heteroatoms. The lowest BCUT2D eigenvalue weighted by molar-refractivity contribution is 1.05. The zero-order chi connectivity index (χ0) is 9.26. The summed E-state index contributed by atoms with van der Waals surface area (Å²) in [6.07, 6.45) is 5.24. The summed E-state index contributed by atoms with van der Waals surface area (Å²) < 4.78 is 2.48. The molecule has 2 N–H and O–H groups in total. The highest BCUT2D eigenvalue weighted by molar-refractivity contribution is 9.10. The van der Waals surface area contributed by atoms with E-state index < -0.39 is 0 Å². The van der Waals surface area contributed by atoms with Crippen LogP contribution >= 0.6 is 15.9 Å². The van der Waals surface area contributed by atoms with Crippen LogP contribution in [0, 0.1) is 0 Å². The van der Waals surface area contributed by atoms with Crippen LogP contribution in [0.2, 0.25) is 0 Å². The van der Waals surface area contributed by atoms with Gasteiger partial charge in [-0.2, -0.15) is 0 Å². The topological polar surface area (TPSA) is 56.7 Å². The Morgan fingerprint density at radius 3 is 2.85 bits per heavy atom. The summed E-state index contributed by atoms with van der Waals surface area (Å²) in [5.41, 5.74) is 6.57. The van der Waals surface area contributed by atoms with Crippen molar-refractivity contribution < 1.29 is 0 Å². The highest BCUT2D eigenvalue weighted by atomic mass is 79.9. The fourth-order valence-corrected chi connectivity index (χ4v) is 1.45. The lowest BCUT2D eigenvalue weighted by Crippen LogP contribution is -1.99. The molecular weight excluding hydrogens is 232 g/mol. The lowest BCUT2D eigenvalue weighted by Gasteiger charge is -2.01. The van der Waals surface area contributed by atoms with Crippen LogP contribution in [-0.4, -0.2) is 14.5 Å². The zero-order valence-corrected chi connectivity index (χ0v) is 8.27. The maximum absolute atomic E-state index is 5.67. The molecule has 2 rings (SSSR count). The van der Waals surface area contributed by atoms with E-state index in [4.69, 9.17) is 5.73 Å². The smallest absolute Gasteiger partial charge is 0.206 e. The summed E-state index contributed by atoms with van der Waals surface area (Å²) in [4.78, 5) is 8.01. The number of anilines is 1. The van der Waals surface area contributed by atoms with Crippen molar-refractivity contribution in [2.75, 3.05) is 5.73 Å². The number of rotatable bonds is 1. The zero-order valence-electron chi connectivity index (χ0n) is 6.68. The lowest BCUT2D eigenvalue weighted by atomic mass is 10.4. The maximum Gasteiger partial charge on any atom is 0.206 e. The first-order valence-corrected chi connectivity index (χ1v) is 4.47. The summed E-state index contributed by atoms with van der Waals surface area (Å²) in [5.74, 6) is 0.444. The van der Waals surface area contributed by atoms with Gasteiger partial charge in [-0.25, -0.2) is 4.98 Å². The van der Waals surface area contributed by atoms with Crippen molar-refractivity contribution in [1.82, 2.24) is 14.5 Å². The molecule has 0 atom stereocenters. The molecule has 0 bridgehead atoms. The first-order chi connectivity index (χ1) is 6.27. The molecule has 13 heavy (non-hydrogen) atoms. The second-order valence-corrected chi connectivity index (χ2v) is 3.32. The van der Waals surface area contributed by atoms with Crippen LogP contribution in [0.4, 0.5) is 5.95 Å². The van der Waals surface area contributed by atoms with Crippen molar-refractivity contribution in [3.63, 3.8) is 0 Å². The molecule has 0 radical (unpaired) electrons. The summed E-state index contributed by atoms with van der Waals surface area (Å²) in [6.45, 7) is 0. The Balaban J connectivity index is 2.53. The predicted molar refractivity (Wildman–Crippen MR) is 53.5 cm³/mol. The van der Waals surface area contributed by atoms with Gasteiger partial charge in [0.1, 0.15) is 4.60 Å². The number of pyridine rings is 1. The van der Waals surface area contributed by atoms with E-state index >= 15 is 0 Å². The molecule has 0 saturated carbocycles. The van der Waals surface area contributed by atoms with Gasteiger partial charge < -0.3 is 5.73 Å². The normalized spacial score (nSPS) is 10.2. The molecule has 0 aromatic carbocycles. The molecule has 0 fully saturated rings. The van der Waals surface area contributed by atoms with Crippen molar-refractivity contribution in [2.45, 2.75) is 0 Å². The molecule has 0 amide bonds. The van der Waals surface area contributed by atoms with Crippen molar-refractivity contribution in [3.05, 3.63) is 35.3 Å². The van der Waals surface area contributed by atoms with Crippen molar-refractivity contribution >= 4 is 21.9 Å². The van der Waals surface area contributed by atoms with Crippen LogP contribution in [-0.2, 0) is 0 Å². The van der Waals surface area contributed by atoms with Gasteiger partial charge in [0, 0.05) is 12.4 Å². The highest BCUT2D eigenvalue weighted by Gasteiger charge is 2.03. The third-order valence-electron chi connectivity index (χ3n) is 1.63. The van der Waals surface area contributed by atoms with Gasteiger partial charge in [-0.1, -0.05) is 0 Å². The molecule has 0 saturated heterocycles. The van der Waals surface area contributed by atoms with Gasteiger partial charge in [0.15, 0.2) is 0 Å². The second kappa shape index (κ2) is 3.18. The first-order valence-electron chi connectivity index (χ1n) is 3.68. The van der Waals surface area contributed by atoms with Gasteiger partial charge in [-0.05, 0) is 28.1 Å². The molecule has 0 unspecified atom stereocenters. The number of nitrogens with two attached hydrogens (primary N) is 1. The molecule has 0 aliphatic heterocycles. The van der Waals surface area contributed by atoms with E-state index in [1.165, 1.54) is 0 Å². The minimum absolute atomic E-state index is 0.444. The van der Waals surface area contributed by atoms with E-state index in [2.05, 4.69) is 25.9 Å². The Kier molecular flexibility index (Phi) is 2.02. The molecular formula is C8H7BrN4. The van der Waals surface area contributed by atoms with Crippen LogP contribution in [0.5, 0.6) is 0 Å². The van der Waals surface area contributed by atoms with Gasteiger partial charge in [-0.3, -0.25) is 9.55 Å². The second-order valence-electron chi connectivity index (χ2n) is 2.50. The number of nitrogens with zero attached hydrogens (tertiary/aromatic N) is 3. The molecule has 2 aromatic rings. The number of imidazole rings is 1. The van der Waals surface area contributed by atoms with Gasteiger partial charge in [-0.15, -0.1) is 0 Å². The van der Waals surface area contributed by atoms with Gasteiger partial charge in [0.2, 0.25) is 5.95 Å². The molecule has 4 nitrogen and oxygen atoms in total. The van der Waals surface area contributed by atoms with E-state index in [0.29, 0.717) is 10.6 Å². The van der Waals surface area contributed by atoms with Gasteiger partial charge in [0.25, 0.3) is 0 Å². The van der Waals surface area contributed by atoms with Crippen molar-refractivity contribution in [2.24, 2.45) is 0 Å². The molecule has 2 aromatic heterocycles. The number of hydrogen-bond donors (Lipinski definition) is 1. The average Bonchev–Trinajstić information content (AvgIpc) is 2.47. The maximum atomic E-state index is 5.67. The van der Waals surface area contributed by atoms with Crippen LogP contribution in [0.1, 0.15) is 0 Å². The first kappa shape index (κ1) is 8.25. The fraction of sp³-hybridized carbons (Fsp3) is 0. The van der Waals surface area contributed by atoms with Crippen LogP contribution in [0.25, 0.3) is 5.69 Å². The summed E-state index contributed by atoms with van der Waals surface area (Å²) in [5, 5.41) is 0. The van der Waals surface area contributed by atoms with Crippen LogP contribution in [0.3, 0.4) is 0 Å². The van der Waals surface area contributed by atoms with E-state index in [-0.39, 0.29) is 0 Å². The fourth-order valence-electron chi connectivity index (χ4n) is 1.07. The largest absolute Gasteiger partial charge is 0.369 e. The van der Waals surface area contributed by atoms with E-state index in [1.54, 1.807) is 23.2 Å². The minimum Gasteiger partial charge on any atom is -0.369 e. The molecule has 0 aliphatic rings. The minimum atomic E-state index is 0.444. The summed E-state index contributed by atoms with van der Waals surface area (Å²) >= 11 is 3.25. The number of aromatic nitrogens is 3. The Morgan fingerprint density at radius 1 is 1.46 bits per heavy atom. The standard InChI is InChI=1S/C8H7BrN4/c9-7-5-13(8(10)12-7)6-2-1-3-11-4-6/h1-5H,(H2,10,12). The predicted octanol–water partition coefficient (Wildman–Crippen LogP) is 1.61. The van der Waals surface area contributed by atoms with Gasteiger partial charge in [0.05, 0.1) is 11.9 Å². The number of nitrogen functional groups attached to an aromatic ring is 1. The molecule has 0 aliphatic carbocycles. The molecule has 66 valence electrons. The third kappa shape index (κ3) is 1.55. The van der Waals surface area contributed by atoms with Crippen molar-refractivity contribution in [3.8, 4) is 5.69 Å².